The molecule has 0 fully saturated rings. The molecule has 0 aliphatic carbocycles. The summed E-state index contributed by atoms with van der Waals surface area (Å²) < 4.78 is 5.64. The fourth-order valence-corrected chi connectivity index (χ4v) is 2.75. The largest absolute Gasteiger partial charge is 0.496 e. The molecule has 2 nitrogen and oxygen atoms in total. The second-order valence-electron chi connectivity index (χ2n) is 5.95. The lowest BCUT2D eigenvalue weighted by Crippen LogP contribution is -2.25. The third kappa shape index (κ3) is 4.52. The normalized spacial score (nSPS) is 14.1. The number of nitrogens with one attached hydrogen (secondary N) is 1. The molecule has 20 heavy (non-hydrogen) atoms. The van der Waals surface area contributed by atoms with Crippen LogP contribution in [0, 0.1) is 19.8 Å². The average molecular weight is 277 g/mol. The zero-order valence-corrected chi connectivity index (χ0v) is 14.0. The highest BCUT2D eigenvalue weighted by atomic mass is 16.5. The highest BCUT2D eigenvalue weighted by Gasteiger charge is 2.20. The van der Waals surface area contributed by atoms with E-state index in [1.807, 2.05) is 0 Å². The van der Waals surface area contributed by atoms with Crippen LogP contribution >= 0.6 is 0 Å². The molecule has 2 atom stereocenters. The Balaban J connectivity index is 3.11. The summed E-state index contributed by atoms with van der Waals surface area (Å²) in [6, 6.07) is 4.80. The maximum Gasteiger partial charge on any atom is 0.124 e. The van der Waals surface area contributed by atoms with E-state index in [0.717, 1.165) is 31.1 Å². The maximum atomic E-state index is 5.64. The Labute approximate surface area is 124 Å². The van der Waals surface area contributed by atoms with Crippen molar-refractivity contribution >= 4 is 0 Å². The van der Waals surface area contributed by atoms with Crippen LogP contribution in [0.25, 0.3) is 0 Å². The van der Waals surface area contributed by atoms with Gasteiger partial charge in [-0.05, 0) is 56.3 Å². The number of methoxy groups -OCH3 is 1. The molecule has 0 amide bonds. The molecule has 0 aliphatic rings. The first-order valence-electron chi connectivity index (χ1n) is 7.91. The minimum atomic E-state index is 0.389. The molecule has 2 unspecified atom stereocenters. The Morgan fingerprint density at radius 1 is 1.20 bits per heavy atom. The quantitative estimate of drug-likeness (QED) is 0.737. The SMILES string of the molecule is CCCNC(CC(C)CC)c1c(C)cc(C)cc1OC. The van der Waals surface area contributed by atoms with E-state index in [2.05, 4.69) is 52.1 Å². The van der Waals surface area contributed by atoms with Gasteiger partial charge >= 0.3 is 0 Å². The molecule has 1 N–H and O–H groups in total. The molecule has 0 spiro atoms. The molecule has 0 aromatic heterocycles. The van der Waals surface area contributed by atoms with Gasteiger partial charge in [-0.3, -0.25) is 0 Å². The average Bonchev–Trinajstić information content (AvgIpc) is 2.42. The Morgan fingerprint density at radius 2 is 1.90 bits per heavy atom. The lowest BCUT2D eigenvalue weighted by atomic mass is 9.90. The first-order valence-corrected chi connectivity index (χ1v) is 7.91. The van der Waals surface area contributed by atoms with Crippen molar-refractivity contribution in [2.75, 3.05) is 13.7 Å². The standard InChI is InChI=1S/C18H31NO/c1-7-9-19-16(11-13(3)8-2)18-15(5)10-14(4)12-17(18)20-6/h10,12-13,16,19H,7-9,11H2,1-6H3. The van der Waals surface area contributed by atoms with E-state index < -0.39 is 0 Å². The van der Waals surface area contributed by atoms with Crippen molar-refractivity contribution in [3.63, 3.8) is 0 Å². The van der Waals surface area contributed by atoms with Crippen LogP contribution in [0.2, 0.25) is 0 Å². The first kappa shape index (κ1) is 17.0. The second kappa shape index (κ2) is 8.31. The highest BCUT2D eigenvalue weighted by Crippen LogP contribution is 2.34. The topological polar surface area (TPSA) is 21.3 Å². The van der Waals surface area contributed by atoms with Crippen LogP contribution in [-0.4, -0.2) is 13.7 Å². The summed E-state index contributed by atoms with van der Waals surface area (Å²) in [5, 5.41) is 3.71. The van der Waals surface area contributed by atoms with Crippen molar-refractivity contribution in [3.05, 3.63) is 28.8 Å². The van der Waals surface area contributed by atoms with Gasteiger partial charge in [-0.15, -0.1) is 0 Å². The molecule has 0 heterocycles. The third-order valence-corrected chi connectivity index (χ3v) is 4.04. The van der Waals surface area contributed by atoms with Gasteiger partial charge in [-0.25, -0.2) is 0 Å². The van der Waals surface area contributed by atoms with Crippen molar-refractivity contribution in [2.24, 2.45) is 5.92 Å². The molecule has 1 aromatic carbocycles. The number of rotatable bonds is 8. The number of ether oxygens (including phenoxy) is 1. The molecule has 1 rings (SSSR count). The van der Waals surface area contributed by atoms with Gasteiger partial charge in [0.05, 0.1) is 7.11 Å². The van der Waals surface area contributed by atoms with E-state index in [0.29, 0.717) is 6.04 Å². The van der Waals surface area contributed by atoms with Crippen LogP contribution in [-0.2, 0) is 0 Å². The lowest BCUT2D eigenvalue weighted by Gasteiger charge is -2.26. The summed E-state index contributed by atoms with van der Waals surface area (Å²) in [5.41, 5.74) is 3.94. The summed E-state index contributed by atoms with van der Waals surface area (Å²) >= 11 is 0. The Bertz CT molecular complexity index is 414. The van der Waals surface area contributed by atoms with Gasteiger partial charge in [-0.1, -0.05) is 33.3 Å². The van der Waals surface area contributed by atoms with E-state index in [1.165, 1.54) is 23.1 Å². The molecule has 0 saturated carbocycles. The summed E-state index contributed by atoms with van der Waals surface area (Å²) in [6.07, 6.45) is 3.54. The zero-order chi connectivity index (χ0) is 15.1. The number of hydrogen-bond donors (Lipinski definition) is 1. The predicted octanol–water partition coefficient (Wildman–Crippen LogP) is 4.79. The number of hydrogen-bond acceptors (Lipinski definition) is 2. The van der Waals surface area contributed by atoms with E-state index in [4.69, 9.17) is 4.74 Å². The summed E-state index contributed by atoms with van der Waals surface area (Å²) in [7, 11) is 1.78. The smallest absolute Gasteiger partial charge is 0.124 e. The third-order valence-electron chi connectivity index (χ3n) is 4.04. The molecule has 0 bridgehead atoms. The molecular weight excluding hydrogens is 246 g/mol. The Hall–Kier alpha value is -1.02. The van der Waals surface area contributed by atoms with Crippen molar-refractivity contribution in [1.82, 2.24) is 5.32 Å². The minimum absolute atomic E-state index is 0.389. The van der Waals surface area contributed by atoms with E-state index in [1.54, 1.807) is 7.11 Å². The van der Waals surface area contributed by atoms with Gasteiger partial charge in [0.1, 0.15) is 5.75 Å². The van der Waals surface area contributed by atoms with E-state index >= 15 is 0 Å². The fraction of sp³-hybridized carbons (Fsp3) is 0.667. The van der Waals surface area contributed by atoms with Gasteiger partial charge in [-0.2, -0.15) is 0 Å². The van der Waals surface area contributed by atoms with Crippen LogP contribution in [0.3, 0.4) is 0 Å². The lowest BCUT2D eigenvalue weighted by molar-refractivity contribution is 0.369. The molecule has 114 valence electrons. The van der Waals surface area contributed by atoms with E-state index in [9.17, 15) is 0 Å². The maximum absolute atomic E-state index is 5.64. The van der Waals surface area contributed by atoms with Crippen molar-refractivity contribution < 1.29 is 4.74 Å². The monoisotopic (exact) mass is 277 g/mol. The number of benzene rings is 1. The van der Waals surface area contributed by atoms with Crippen LogP contribution in [0.15, 0.2) is 12.1 Å². The molecular formula is C18H31NO. The van der Waals surface area contributed by atoms with Crippen LogP contribution in [0.1, 0.15) is 62.8 Å². The summed E-state index contributed by atoms with van der Waals surface area (Å²) in [5.74, 6) is 1.74. The fourth-order valence-electron chi connectivity index (χ4n) is 2.75. The number of aryl methyl sites for hydroxylation is 2. The Morgan fingerprint density at radius 3 is 2.45 bits per heavy atom. The van der Waals surface area contributed by atoms with Crippen molar-refractivity contribution in [2.45, 2.75) is 59.9 Å². The minimum Gasteiger partial charge on any atom is -0.496 e. The van der Waals surface area contributed by atoms with Crippen LogP contribution < -0.4 is 10.1 Å². The summed E-state index contributed by atoms with van der Waals surface area (Å²) in [4.78, 5) is 0. The van der Waals surface area contributed by atoms with Gasteiger partial charge in [0.2, 0.25) is 0 Å². The first-order chi connectivity index (χ1) is 9.53. The molecule has 2 heteroatoms. The zero-order valence-electron chi connectivity index (χ0n) is 14.0. The van der Waals surface area contributed by atoms with Crippen molar-refractivity contribution in [1.29, 1.82) is 0 Å². The highest BCUT2D eigenvalue weighted by molar-refractivity contribution is 5.45. The molecule has 0 aliphatic heterocycles. The molecule has 0 radical (unpaired) electrons. The second-order valence-corrected chi connectivity index (χ2v) is 5.95. The molecule has 0 saturated heterocycles. The Kier molecular flexibility index (Phi) is 7.08. The van der Waals surface area contributed by atoms with Crippen LogP contribution in [0.4, 0.5) is 0 Å². The van der Waals surface area contributed by atoms with Gasteiger partial charge in [0, 0.05) is 11.6 Å². The van der Waals surface area contributed by atoms with E-state index in [-0.39, 0.29) is 0 Å². The van der Waals surface area contributed by atoms with Crippen molar-refractivity contribution in [3.8, 4) is 5.75 Å². The van der Waals surface area contributed by atoms with Gasteiger partial charge in [0.25, 0.3) is 0 Å². The predicted molar refractivity (Wildman–Crippen MR) is 87.6 cm³/mol. The summed E-state index contributed by atoms with van der Waals surface area (Å²) in [6.45, 7) is 12.2. The van der Waals surface area contributed by atoms with Gasteiger partial charge < -0.3 is 10.1 Å². The van der Waals surface area contributed by atoms with Crippen LogP contribution in [0.5, 0.6) is 5.75 Å². The molecule has 1 aromatic rings. The van der Waals surface area contributed by atoms with Gasteiger partial charge in [0.15, 0.2) is 0 Å².